The molecule has 0 saturated carbocycles. The summed E-state index contributed by atoms with van der Waals surface area (Å²) < 4.78 is 37.2. The van der Waals surface area contributed by atoms with Crippen LogP contribution in [0.1, 0.15) is 100 Å². The molecule has 11 heteroatoms. The van der Waals surface area contributed by atoms with Gasteiger partial charge in [0.2, 0.25) is 0 Å². The number of hydrogen-bond donors (Lipinski definition) is 1. The zero-order valence-corrected chi connectivity index (χ0v) is 30.5. The monoisotopic (exact) mass is 610 g/mol. The maximum absolute atomic E-state index is 6.37. The van der Waals surface area contributed by atoms with Gasteiger partial charge in [0.1, 0.15) is 0 Å². The lowest BCUT2D eigenvalue weighted by molar-refractivity contribution is 0.0666. The molecule has 0 spiro atoms. The molecule has 0 amide bonds. The van der Waals surface area contributed by atoms with Gasteiger partial charge in [-0.15, -0.1) is 0 Å². The first-order chi connectivity index (χ1) is 19.0. The van der Waals surface area contributed by atoms with Crippen molar-refractivity contribution in [2.75, 3.05) is 72.0 Å². The van der Waals surface area contributed by atoms with Crippen molar-refractivity contribution in [3.63, 3.8) is 0 Å². The highest BCUT2D eigenvalue weighted by Crippen LogP contribution is 2.30. The SMILES string of the molecule is CCO[Si](CCCNC[SiH2]C(CCCCCCCN(CC)CC)[Si](OCC)(OCC)OCC)(OCC)OCC. The van der Waals surface area contributed by atoms with Crippen molar-refractivity contribution in [3.8, 4) is 0 Å². The molecule has 236 valence electrons. The van der Waals surface area contributed by atoms with Crippen LogP contribution in [0.3, 0.4) is 0 Å². The van der Waals surface area contributed by atoms with E-state index >= 15 is 0 Å². The number of rotatable bonds is 30. The van der Waals surface area contributed by atoms with Crippen LogP contribution in [0.25, 0.3) is 0 Å². The standard InChI is InChI=1S/C28H66N2O6Si3/c1-9-30(10-2)25-21-19-17-18-20-23-28(39(34-14-6,35-15-7)36-16-8)37-27-29-24-22-26-38(31-11-3,32-12-4)33-13-5/h28-29H,9-27,37H2,1-8H3. The summed E-state index contributed by atoms with van der Waals surface area (Å²) in [5.41, 5.74) is 0. The fourth-order valence-corrected chi connectivity index (χ4v) is 14.8. The molecule has 0 fully saturated rings. The van der Waals surface area contributed by atoms with Gasteiger partial charge in [0.15, 0.2) is 0 Å². The number of nitrogens with zero attached hydrogens (tertiary/aromatic N) is 1. The van der Waals surface area contributed by atoms with E-state index in [0.717, 1.165) is 44.7 Å². The molecule has 39 heavy (non-hydrogen) atoms. The molecule has 8 nitrogen and oxygen atoms in total. The maximum atomic E-state index is 6.37. The Bertz CT molecular complexity index is 501. The molecule has 0 saturated heterocycles. The second-order valence-corrected chi connectivity index (χ2v) is 18.3. The molecule has 0 radical (unpaired) electrons. The van der Waals surface area contributed by atoms with Gasteiger partial charge >= 0.3 is 17.6 Å². The second-order valence-electron chi connectivity index (χ2n) is 9.81. The summed E-state index contributed by atoms with van der Waals surface area (Å²) in [5, 5.41) is 4.17. The molecule has 0 aliphatic rings. The Morgan fingerprint density at radius 3 is 1.59 bits per heavy atom. The van der Waals surface area contributed by atoms with Crippen LogP contribution in [0, 0.1) is 0 Å². The van der Waals surface area contributed by atoms with E-state index in [2.05, 4.69) is 44.8 Å². The maximum Gasteiger partial charge on any atom is 0.500 e. The van der Waals surface area contributed by atoms with Crippen LogP contribution in [0.15, 0.2) is 0 Å². The second kappa shape index (κ2) is 26.0. The normalized spacial score (nSPS) is 13.8. The smallest absolute Gasteiger partial charge is 0.374 e. The number of nitrogens with one attached hydrogen (secondary N) is 1. The van der Waals surface area contributed by atoms with Crippen molar-refractivity contribution >= 4 is 27.1 Å². The third-order valence-electron chi connectivity index (χ3n) is 7.06. The molecule has 1 atom stereocenters. The van der Waals surface area contributed by atoms with Gasteiger partial charge in [0, 0.05) is 60.4 Å². The van der Waals surface area contributed by atoms with Crippen molar-refractivity contribution in [2.45, 2.75) is 112 Å². The van der Waals surface area contributed by atoms with Gasteiger partial charge in [-0.3, -0.25) is 0 Å². The van der Waals surface area contributed by atoms with Crippen molar-refractivity contribution in [1.29, 1.82) is 0 Å². The Labute approximate surface area is 247 Å². The van der Waals surface area contributed by atoms with E-state index in [0.29, 0.717) is 44.8 Å². The van der Waals surface area contributed by atoms with Crippen LogP contribution in [0.5, 0.6) is 0 Å². The predicted octanol–water partition coefficient (Wildman–Crippen LogP) is 5.20. The molecule has 0 bridgehead atoms. The molecule has 1 N–H and O–H groups in total. The van der Waals surface area contributed by atoms with Crippen molar-refractivity contribution in [2.24, 2.45) is 0 Å². The average Bonchev–Trinajstić information content (AvgIpc) is 2.91. The highest BCUT2D eigenvalue weighted by molar-refractivity contribution is 6.74. The van der Waals surface area contributed by atoms with E-state index in [9.17, 15) is 0 Å². The summed E-state index contributed by atoms with van der Waals surface area (Å²) in [6.45, 7) is 25.1. The quantitative estimate of drug-likeness (QED) is 0.0880. The molecule has 0 aromatic carbocycles. The van der Waals surface area contributed by atoms with Crippen LogP contribution in [0.2, 0.25) is 11.2 Å². The third kappa shape index (κ3) is 17.1. The van der Waals surface area contributed by atoms with E-state index in [1.165, 1.54) is 38.6 Å². The fraction of sp³-hybridized carbons (Fsp3) is 1.00. The Morgan fingerprint density at radius 1 is 0.615 bits per heavy atom. The summed E-state index contributed by atoms with van der Waals surface area (Å²) in [7, 11) is -5.77. The lowest BCUT2D eigenvalue weighted by Gasteiger charge is -2.35. The summed E-state index contributed by atoms with van der Waals surface area (Å²) in [4.78, 5) is 2.52. The first-order valence-corrected chi connectivity index (χ1v) is 21.8. The average molecular weight is 611 g/mol. The van der Waals surface area contributed by atoms with Crippen LogP contribution in [-0.2, 0) is 26.6 Å². The van der Waals surface area contributed by atoms with Crippen molar-refractivity contribution < 1.29 is 26.6 Å². The largest absolute Gasteiger partial charge is 0.500 e. The number of hydrogen-bond acceptors (Lipinski definition) is 8. The molecule has 0 aliphatic carbocycles. The lowest BCUT2D eigenvalue weighted by atomic mass is 10.1. The van der Waals surface area contributed by atoms with Gasteiger partial charge in [0.25, 0.3) is 0 Å². The summed E-state index contributed by atoms with van der Waals surface area (Å²) in [6, 6.07) is 0.851. The lowest BCUT2D eigenvalue weighted by Crippen LogP contribution is -2.53. The fourth-order valence-electron chi connectivity index (χ4n) is 5.21. The van der Waals surface area contributed by atoms with Crippen LogP contribution < -0.4 is 5.32 Å². The zero-order chi connectivity index (χ0) is 29.2. The van der Waals surface area contributed by atoms with E-state index < -0.39 is 27.1 Å². The molecular weight excluding hydrogens is 545 g/mol. The van der Waals surface area contributed by atoms with Crippen LogP contribution in [0.4, 0.5) is 0 Å². The number of unbranched alkanes of at least 4 members (excludes halogenated alkanes) is 4. The molecule has 1 unspecified atom stereocenters. The minimum absolute atomic E-state index is 0.448. The highest BCUT2D eigenvalue weighted by Gasteiger charge is 2.48. The Kier molecular flexibility index (Phi) is 26.2. The summed E-state index contributed by atoms with van der Waals surface area (Å²) >= 11 is 0. The molecule has 0 heterocycles. The summed E-state index contributed by atoms with van der Waals surface area (Å²) in [5.74, 6) is 0. The van der Waals surface area contributed by atoms with Gasteiger partial charge in [-0.1, -0.05) is 39.5 Å². The minimum atomic E-state index is -2.69. The first kappa shape index (κ1) is 39.3. The molecule has 0 aromatic heterocycles. The van der Waals surface area contributed by atoms with Gasteiger partial charge in [-0.05, 0) is 93.2 Å². The van der Waals surface area contributed by atoms with Gasteiger partial charge < -0.3 is 36.8 Å². The molecule has 0 rings (SSSR count). The molecule has 0 aromatic rings. The van der Waals surface area contributed by atoms with Gasteiger partial charge in [-0.25, -0.2) is 0 Å². The third-order valence-corrected chi connectivity index (χ3v) is 17.7. The van der Waals surface area contributed by atoms with E-state index in [1.54, 1.807) is 0 Å². The molecular formula is C28H66N2O6Si3. The van der Waals surface area contributed by atoms with Gasteiger partial charge in [0.05, 0.1) is 0 Å². The van der Waals surface area contributed by atoms with Crippen molar-refractivity contribution in [1.82, 2.24) is 10.2 Å². The Morgan fingerprint density at radius 2 is 1.10 bits per heavy atom. The predicted molar refractivity (Wildman–Crippen MR) is 171 cm³/mol. The first-order valence-electron chi connectivity index (χ1n) is 16.2. The van der Waals surface area contributed by atoms with E-state index in [4.69, 9.17) is 26.6 Å². The highest BCUT2D eigenvalue weighted by atomic mass is 28.4. The minimum Gasteiger partial charge on any atom is -0.374 e. The summed E-state index contributed by atoms with van der Waals surface area (Å²) in [6.07, 6.45) is 9.66. The Balaban J connectivity index is 4.91. The van der Waals surface area contributed by atoms with Crippen LogP contribution in [-0.4, -0.2) is 104 Å². The van der Waals surface area contributed by atoms with Gasteiger partial charge in [-0.2, -0.15) is 0 Å². The zero-order valence-electron chi connectivity index (χ0n) is 27.1. The topological polar surface area (TPSA) is 70.7 Å². The van der Waals surface area contributed by atoms with E-state index in [-0.39, 0.29) is 0 Å². The van der Waals surface area contributed by atoms with Crippen LogP contribution >= 0.6 is 0 Å². The molecule has 0 aliphatic heterocycles. The Hall–Kier alpha value is 0.331. The van der Waals surface area contributed by atoms with Crippen molar-refractivity contribution in [3.05, 3.63) is 0 Å². The van der Waals surface area contributed by atoms with E-state index in [1.807, 2.05) is 20.8 Å².